The van der Waals surface area contributed by atoms with Gasteiger partial charge in [-0.15, -0.1) is 0 Å². The number of imidazole rings is 1. The third-order valence-corrected chi connectivity index (χ3v) is 6.08. The maximum Gasteiger partial charge on any atom is 0.348 e. The third kappa shape index (κ3) is 7.47. The van der Waals surface area contributed by atoms with Crippen LogP contribution in [0.2, 0.25) is 0 Å². The van der Waals surface area contributed by atoms with Gasteiger partial charge in [-0.1, -0.05) is 6.92 Å². The van der Waals surface area contributed by atoms with Crippen molar-refractivity contribution < 1.29 is 38.8 Å². The van der Waals surface area contributed by atoms with Crippen molar-refractivity contribution in [2.24, 2.45) is 5.92 Å². The third-order valence-electron chi connectivity index (χ3n) is 6.08. The summed E-state index contributed by atoms with van der Waals surface area (Å²) >= 11 is 0. The molecule has 1 aliphatic rings. The van der Waals surface area contributed by atoms with Crippen molar-refractivity contribution in [1.82, 2.24) is 25.3 Å². The van der Waals surface area contributed by atoms with E-state index in [2.05, 4.69) is 30.6 Å². The number of aliphatic hydroxyl groups excluding tert-OH is 1. The number of carboxylic acid groups (broad SMARTS) is 1. The Hall–Kier alpha value is -3.56. The van der Waals surface area contributed by atoms with Crippen molar-refractivity contribution in [2.45, 2.75) is 83.7 Å². The van der Waals surface area contributed by atoms with Crippen LogP contribution in [0.4, 0.5) is 10.6 Å². The molecule has 1 unspecified atom stereocenters. The fourth-order valence-electron chi connectivity index (χ4n) is 3.81. The molecular formula is C22H32N6O9. The van der Waals surface area contributed by atoms with Crippen molar-refractivity contribution in [1.29, 1.82) is 0 Å². The lowest BCUT2D eigenvalue weighted by Gasteiger charge is -2.37. The zero-order valence-corrected chi connectivity index (χ0v) is 20.9. The van der Waals surface area contributed by atoms with Crippen molar-refractivity contribution in [2.75, 3.05) is 5.32 Å². The van der Waals surface area contributed by atoms with Gasteiger partial charge < -0.3 is 34.7 Å². The first-order valence-corrected chi connectivity index (χ1v) is 11.9. The van der Waals surface area contributed by atoms with E-state index in [9.17, 15) is 29.4 Å². The van der Waals surface area contributed by atoms with Crippen molar-refractivity contribution in [3.8, 4) is 0 Å². The van der Waals surface area contributed by atoms with Gasteiger partial charge in [-0.05, 0) is 39.5 Å². The lowest BCUT2D eigenvalue weighted by Crippen LogP contribution is -2.50. The zero-order chi connectivity index (χ0) is 27.3. The number of carbonyl (C=O) groups is 3. The number of anilines is 1. The quantitative estimate of drug-likeness (QED) is 0.235. The van der Waals surface area contributed by atoms with E-state index in [1.54, 1.807) is 6.92 Å². The Morgan fingerprint density at radius 1 is 1.30 bits per heavy atom. The summed E-state index contributed by atoms with van der Waals surface area (Å²) in [7, 11) is 0. The molecule has 204 valence electrons. The first-order valence-electron chi connectivity index (χ1n) is 11.9. The fraction of sp³-hybridized carbons (Fsp3) is 0.636. The van der Waals surface area contributed by atoms with Crippen molar-refractivity contribution in [3.63, 3.8) is 0 Å². The molecule has 2 amide bonds. The number of amides is 2. The number of urea groups is 1. The van der Waals surface area contributed by atoms with E-state index in [0.29, 0.717) is 6.42 Å². The predicted molar refractivity (Wildman–Crippen MR) is 128 cm³/mol. The number of carboxylic acids is 1. The summed E-state index contributed by atoms with van der Waals surface area (Å²) in [5.41, 5.74) is -0.466. The van der Waals surface area contributed by atoms with Crippen molar-refractivity contribution >= 4 is 35.0 Å². The maximum absolute atomic E-state index is 12.4. The molecule has 3 rings (SSSR count). The Morgan fingerprint density at radius 3 is 2.73 bits per heavy atom. The molecule has 2 aromatic heterocycles. The number of H-pyrrole nitrogens is 2. The highest BCUT2D eigenvalue weighted by molar-refractivity contribution is 5.97. The van der Waals surface area contributed by atoms with Crippen LogP contribution in [-0.4, -0.2) is 84.9 Å². The number of nitrogens with one attached hydrogen (secondary N) is 4. The molecule has 7 atom stereocenters. The van der Waals surface area contributed by atoms with Gasteiger partial charge in [-0.25, -0.2) is 19.4 Å². The summed E-state index contributed by atoms with van der Waals surface area (Å²) in [5.74, 6) is -2.03. The lowest BCUT2D eigenvalue weighted by atomic mass is 9.95. The Labute approximate surface area is 211 Å². The molecule has 1 aliphatic heterocycles. The van der Waals surface area contributed by atoms with Crippen LogP contribution in [0.1, 0.15) is 47.0 Å². The van der Waals surface area contributed by atoms with Gasteiger partial charge in [0.2, 0.25) is 0 Å². The predicted octanol–water partition coefficient (Wildman–Crippen LogP) is 0.470. The number of nitrogens with zero attached hydrogens (tertiary/aromatic N) is 2. The number of aromatic amines is 2. The first kappa shape index (κ1) is 28.0. The van der Waals surface area contributed by atoms with Gasteiger partial charge in [0, 0.05) is 6.42 Å². The second-order valence-corrected chi connectivity index (χ2v) is 9.10. The average molecular weight is 525 g/mol. The van der Waals surface area contributed by atoms with Crippen LogP contribution < -0.4 is 16.3 Å². The summed E-state index contributed by atoms with van der Waals surface area (Å²) in [6.07, 6.45) is -1.35. The Balaban J connectivity index is 1.49. The molecule has 0 aliphatic carbocycles. The first-order chi connectivity index (χ1) is 17.4. The number of hydrogen-bond acceptors (Lipinski definition) is 10. The van der Waals surface area contributed by atoms with E-state index in [1.165, 1.54) is 13.3 Å². The van der Waals surface area contributed by atoms with Gasteiger partial charge in [0.05, 0.1) is 18.5 Å². The number of aliphatic hydroxyl groups is 1. The normalized spacial score (nSPS) is 24.1. The van der Waals surface area contributed by atoms with E-state index in [0.717, 1.165) is 0 Å². The number of carbonyl (C=O) groups excluding carboxylic acids is 2. The number of fused-ring (bicyclic) bond motifs is 1. The zero-order valence-electron chi connectivity index (χ0n) is 20.9. The molecule has 3 heterocycles. The van der Waals surface area contributed by atoms with Crippen LogP contribution in [0, 0.1) is 5.92 Å². The molecule has 15 nitrogen and oxygen atoms in total. The smallest absolute Gasteiger partial charge is 0.348 e. The summed E-state index contributed by atoms with van der Waals surface area (Å²) in [6, 6.07) is -2.56. The summed E-state index contributed by atoms with van der Waals surface area (Å²) in [4.78, 5) is 60.6. The van der Waals surface area contributed by atoms with Gasteiger partial charge in [0.25, 0.3) is 0 Å². The van der Waals surface area contributed by atoms with Gasteiger partial charge in [-0.2, -0.15) is 4.98 Å². The molecular weight excluding hydrogens is 492 g/mol. The second kappa shape index (κ2) is 12.1. The molecule has 37 heavy (non-hydrogen) atoms. The highest BCUT2D eigenvalue weighted by Crippen LogP contribution is 2.26. The Bertz CT molecular complexity index is 1170. The number of hydrogen-bond donors (Lipinski definition) is 6. The van der Waals surface area contributed by atoms with Crippen LogP contribution >= 0.6 is 0 Å². The molecule has 2 aromatic rings. The van der Waals surface area contributed by atoms with E-state index < -0.39 is 54.3 Å². The van der Waals surface area contributed by atoms with Crippen LogP contribution in [0.15, 0.2) is 11.1 Å². The highest BCUT2D eigenvalue weighted by atomic mass is 16.7. The molecule has 15 heteroatoms. The van der Waals surface area contributed by atoms with E-state index in [-0.39, 0.29) is 41.8 Å². The number of aromatic nitrogens is 4. The van der Waals surface area contributed by atoms with Gasteiger partial charge in [0.15, 0.2) is 18.0 Å². The Kier molecular flexibility index (Phi) is 9.18. The molecule has 0 saturated carbocycles. The summed E-state index contributed by atoms with van der Waals surface area (Å²) in [5, 5.41) is 24.2. The lowest BCUT2D eigenvalue weighted by molar-refractivity contribution is -0.263. The number of rotatable bonds is 10. The molecule has 0 bridgehead atoms. The summed E-state index contributed by atoms with van der Waals surface area (Å²) < 4.78 is 16.6. The summed E-state index contributed by atoms with van der Waals surface area (Å²) in [6.45, 7) is 6.93. The van der Waals surface area contributed by atoms with Gasteiger partial charge in [0.1, 0.15) is 23.5 Å². The van der Waals surface area contributed by atoms with Crippen molar-refractivity contribution in [3.05, 3.63) is 16.8 Å². The molecule has 0 aromatic carbocycles. The molecule has 0 radical (unpaired) electrons. The van der Waals surface area contributed by atoms with E-state index in [4.69, 9.17) is 14.2 Å². The second-order valence-electron chi connectivity index (χ2n) is 9.10. The minimum atomic E-state index is -1.59. The SMILES string of the molecule is CC1O[C@H](O[C@H](C)CCC(=O)O[C@H](C)[C@H](NC(=O)Nc2[nH]c(=O)nc3[nH]cnc23)C(=O)O)[C@H](O)C[C@@H]1C. The topological polar surface area (TPSA) is 218 Å². The van der Waals surface area contributed by atoms with Gasteiger partial charge >= 0.3 is 23.7 Å². The standard InChI is InChI=1S/C22H32N6O9/c1-9-7-13(29)20(37-11(9)3)35-10(2)5-6-14(30)36-12(4)15(19(31)32)25-21(33)27-18-16-17(24-8-23-16)26-22(34)28-18/h8-13,15,20,29H,5-7H2,1-4H3,(H,31,32)(H4,23,24,25,26,27,28,33,34)/t9-,10+,11?,12+,13+,15-,20-/m0/s1. The number of aliphatic carboxylic acids is 1. The number of ether oxygens (including phenoxy) is 3. The van der Waals surface area contributed by atoms with E-state index in [1.807, 2.05) is 13.8 Å². The van der Waals surface area contributed by atoms with Crippen LogP contribution in [0.5, 0.6) is 0 Å². The van der Waals surface area contributed by atoms with Crippen LogP contribution in [0.3, 0.4) is 0 Å². The molecule has 1 saturated heterocycles. The van der Waals surface area contributed by atoms with Crippen LogP contribution in [0.25, 0.3) is 11.2 Å². The molecule has 6 N–H and O–H groups in total. The van der Waals surface area contributed by atoms with E-state index >= 15 is 0 Å². The molecule has 1 fully saturated rings. The average Bonchev–Trinajstić information content (AvgIpc) is 3.28. The minimum absolute atomic E-state index is 0.0758. The monoisotopic (exact) mass is 524 g/mol. The highest BCUT2D eigenvalue weighted by Gasteiger charge is 2.34. The maximum atomic E-state index is 12.4. The van der Waals surface area contributed by atoms with Gasteiger partial charge in [-0.3, -0.25) is 15.1 Å². The largest absolute Gasteiger partial charge is 0.480 e. The molecule has 0 spiro atoms. The Morgan fingerprint density at radius 2 is 2.03 bits per heavy atom. The fourth-order valence-corrected chi connectivity index (χ4v) is 3.81. The van der Waals surface area contributed by atoms with Crippen LogP contribution in [-0.2, 0) is 23.8 Å². The number of esters is 1. The minimum Gasteiger partial charge on any atom is -0.480 e.